The Kier molecular flexibility index (Phi) is 7.36. The number of tetrazole rings is 2. The van der Waals surface area contributed by atoms with Crippen molar-refractivity contribution >= 4 is 8.80 Å². The molecule has 12 heteroatoms. The highest BCUT2D eigenvalue weighted by molar-refractivity contribution is 6.60. The first kappa shape index (κ1) is 18.6. The molecule has 0 saturated heterocycles. The van der Waals surface area contributed by atoms with Crippen LogP contribution in [0.2, 0.25) is 6.04 Å². The molecule has 2 N–H and O–H groups in total. The highest BCUT2D eigenvalue weighted by Crippen LogP contribution is 2.27. The molecule has 0 bridgehead atoms. The summed E-state index contributed by atoms with van der Waals surface area (Å²) in [4.78, 5) is 0. The maximum Gasteiger partial charge on any atom is 0.500 e. The number of aromatic nitrogens is 8. The molecule has 0 aliphatic carbocycles. The van der Waals surface area contributed by atoms with Gasteiger partial charge < -0.3 is 13.3 Å². The van der Waals surface area contributed by atoms with Crippen LogP contribution >= 0.6 is 0 Å². The molecule has 0 radical (unpaired) electrons. The Balaban J connectivity index is 2.02. The van der Waals surface area contributed by atoms with Crippen LogP contribution in [0.25, 0.3) is 0 Å². The number of hydrogen-bond acceptors (Lipinski definition) is 9. The molecule has 0 spiro atoms. The second-order valence-corrected chi connectivity index (χ2v) is 7.73. The number of H-pyrrole nitrogens is 2. The van der Waals surface area contributed by atoms with Crippen molar-refractivity contribution in [3.8, 4) is 0 Å². The molecule has 0 fully saturated rings. The van der Waals surface area contributed by atoms with Crippen LogP contribution in [0.1, 0.15) is 51.2 Å². The molecule has 0 aromatic carbocycles. The van der Waals surface area contributed by atoms with Crippen LogP contribution in [0.15, 0.2) is 0 Å². The van der Waals surface area contributed by atoms with Crippen LogP contribution in [-0.4, -0.2) is 69.9 Å². The molecule has 0 unspecified atom stereocenters. The van der Waals surface area contributed by atoms with Crippen LogP contribution in [0, 0.1) is 0 Å². The Morgan fingerprint density at radius 3 is 1.75 bits per heavy atom. The molecule has 2 heterocycles. The van der Waals surface area contributed by atoms with Crippen LogP contribution in [0.3, 0.4) is 0 Å². The Morgan fingerprint density at radius 2 is 1.38 bits per heavy atom. The van der Waals surface area contributed by atoms with Gasteiger partial charge in [-0.25, -0.2) is 10.2 Å². The molecular weight excluding hydrogens is 332 g/mol. The fourth-order valence-corrected chi connectivity index (χ4v) is 5.19. The molecule has 2 aromatic rings. The highest BCUT2D eigenvalue weighted by Gasteiger charge is 2.40. The van der Waals surface area contributed by atoms with E-state index in [0.29, 0.717) is 37.5 Å². The first-order chi connectivity index (χ1) is 11.7. The number of aromatic amines is 2. The summed E-state index contributed by atoms with van der Waals surface area (Å²) in [6.45, 7) is 7.53. The smallest absolute Gasteiger partial charge is 0.374 e. The Hall–Kier alpha value is -1.76. The van der Waals surface area contributed by atoms with Crippen LogP contribution in [0.5, 0.6) is 0 Å². The lowest BCUT2D eigenvalue weighted by Gasteiger charge is -2.28. The quantitative estimate of drug-likeness (QED) is 0.526. The SMILES string of the molecule is CCO[Si](CCCC(c1nnn[nH]1)c1nnn[nH]1)(OCC)OCC. The summed E-state index contributed by atoms with van der Waals surface area (Å²) < 4.78 is 17.6. The van der Waals surface area contributed by atoms with Crippen molar-refractivity contribution in [3.05, 3.63) is 11.6 Å². The van der Waals surface area contributed by atoms with Gasteiger partial charge in [-0.15, -0.1) is 10.2 Å². The molecule has 24 heavy (non-hydrogen) atoms. The van der Waals surface area contributed by atoms with Gasteiger partial charge in [-0.2, -0.15) is 0 Å². The number of nitrogens with one attached hydrogen (secondary N) is 2. The molecule has 0 amide bonds. The normalized spacial score (nSPS) is 12.2. The van der Waals surface area contributed by atoms with Crippen LogP contribution < -0.4 is 0 Å². The lowest BCUT2D eigenvalue weighted by molar-refractivity contribution is 0.0706. The molecule has 134 valence electrons. The van der Waals surface area contributed by atoms with Gasteiger partial charge in [0.2, 0.25) is 0 Å². The van der Waals surface area contributed by atoms with Crippen molar-refractivity contribution in [3.63, 3.8) is 0 Å². The van der Waals surface area contributed by atoms with Gasteiger partial charge in [-0.1, -0.05) is 0 Å². The Bertz CT molecular complexity index is 501. The third kappa shape index (κ3) is 4.86. The third-order valence-corrected chi connectivity index (χ3v) is 6.60. The minimum absolute atomic E-state index is 0.147. The summed E-state index contributed by atoms with van der Waals surface area (Å²) >= 11 is 0. The molecular formula is C12H24N8O3Si. The third-order valence-electron chi connectivity index (χ3n) is 3.45. The van der Waals surface area contributed by atoms with Crippen molar-refractivity contribution in [1.82, 2.24) is 41.2 Å². The van der Waals surface area contributed by atoms with E-state index in [0.717, 1.165) is 12.8 Å². The zero-order valence-corrected chi connectivity index (χ0v) is 15.2. The van der Waals surface area contributed by atoms with Gasteiger partial charge in [0, 0.05) is 25.9 Å². The second kappa shape index (κ2) is 9.51. The molecule has 2 aromatic heterocycles. The van der Waals surface area contributed by atoms with Gasteiger partial charge in [-0.05, 0) is 54.5 Å². The summed E-state index contributed by atoms with van der Waals surface area (Å²) in [5, 5.41) is 28.0. The lowest BCUT2D eigenvalue weighted by atomic mass is 10.0. The van der Waals surface area contributed by atoms with E-state index in [1.54, 1.807) is 0 Å². The van der Waals surface area contributed by atoms with Gasteiger partial charge in [0.15, 0.2) is 11.6 Å². The summed E-state index contributed by atoms with van der Waals surface area (Å²) in [5.41, 5.74) is 0. The van der Waals surface area contributed by atoms with E-state index in [1.807, 2.05) is 20.8 Å². The number of nitrogens with zero attached hydrogens (tertiary/aromatic N) is 6. The predicted octanol–water partition coefficient (Wildman–Crippen LogP) is 0.673. The van der Waals surface area contributed by atoms with E-state index in [9.17, 15) is 0 Å². The van der Waals surface area contributed by atoms with Crippen molar-refractivity contribution < 1.29 is 13.3 Å². The highest BCUT2D eigenvalue weighted by atomic mass is 28.4. The van der Waals surface area contributed by atoms with E-state index in [-0.39, 0.29) is 5.92 Å². The lowest BCUT2D eigenvalue weighted by Crippen LogP contribution is -2.45. The maximum absolute atomic E-state index is 5.87. The van der Waals surface area contributed by atoms with E-state index >= 15 is 0 Å². The van der Waals surface area contributed by atoms with Crippen molar-refractivity contribution in [1.29, 1.82) is 0 Å². The van der Waals surface area contributed by atoms with Crippen molar-refractivity contribution in [2.45, 2.75) is 45.6 Å². The van der Waals surface area contributed by atoms with Crippen LogP contribution in [-0.2, 0) is 13.3 Å². The summed E-state index contributed by atoms with van der Waals surface area (Å²) in [5.74, 6) is 1.08. The second-order valence-electron chi connectivity index (χ2n) is 5.00. The molecule has 2 rings (SSSR count). The minimum Gasteiger partial charge on any atom is -0.374 e. The molecule has 11 nitrogen and oxygen atoms in total. The maximum atomic E-state index is 5.87. The average Bonchev–Trinajstić information content (AvgIpc) is 3.26. The van der Waals surface area contributed by atoms with Crippen molar-refractivity contribution in [2.75, 3.05) is 19.8 Å². The van der Waals surface area contributed by atoms with E-state index in [1.165, 1.54) is 0 Å². The van der Waals surface area contributed by atoms with E-state index in [2.05, 4.69) is 41.2 Å². The zero-order chi connectivity index (χ0) is 17.3. The van der Waals surface area contributed by atoms with Gasteiger partial charge in [0.1, 0.15) is 0 Å². The first-order valence-electron chi connectivity index (χ1n) is 8.13. The summed E-state index contributed by atoms with van der Waals surface area (Å²) in [6.07, 6.45) is 1.54. The summed E-state index contributed by atoms with van der Waals surface area (Å²) in [6, 6.07) is 0.710. The molecule has 0 aliphatic heterocycles. The Morgan fingerprint density at radius 1 is 0.875 bits per heavy atom. The van der Waals surface area contributed by atoms with E-state index < -0.39 is 8.80 Å². The Labute approximate surface area is 141 Å². The van der Waals surface area contributed by atoms with Gasteiger partial charge >= 0.3 is 8.80 Å². The largest absolute Gasteiger partial charge is 0.500 e. The van der Waals surface area contributed by atoms with Crippen molar-refractivity contribution in [2.24, 2.45) is 0 Å². The van der Waals surface area contributed by atoms with Gasteiger partial charge in [0.05, 0.1) is 5.92 Å². The standard InChI is InChI=1S/C12H24N8O3Si/c1-4-21-24(22-5-2,23-6-3)9-7-8-10(11-13-17-18-14-11)12-15-19-20-16-12/h10H,4-9H2,1-3H3,(H,13,14,17,18)(H,15,16,19,20). The minimum atomic E-state index is -2.66. The number of hydrogen-bond donors (Lipinski definition) is 2. The number of rotatable bonds is 12. The fraction of sp³-hybridized carbons (Fsp3) is 0.833. The topological polar surface area (TPSA) is 137 Å². The van der Waals surface area contributed by atoms with Gasteiger partial charge in [-0.3, -0.25) is 0 Å². The van der Waals surface area contributed by atoms with E-state index in [4.69, 9.17) is 13.3 Å². The first-order valence-corrected chi connectivity index (χ1v) is 10.1. The predicted molar refractivity (Wildman–Crippen MR) is 84.9 cm³/mol. The summed E-state index contributed by atoms with van der Waals surface area (Å²) in [7, 11) is -2.66. The molecule has 0 atom stereocenters. The van der Waals surface area contributed by atoms with Gasteiger partial charge in [0.25, 0.3) is 0 Å². The average molecular weight is 356 g/mol. The monoisotopic (exact) mass is 356 g/mol. The molecule has 0 aliphatic rings. The molecule has 0 saturated carbocycles. The fourth-order valence-electron chi connectivity index (χ4n) is 2.56. The van der Waals surface area contributed by atoms with Crippen LogP contribution in [0.4, 0.5) is 0 Å². The zero-order valence-electron chi connectivity index (χ0n) is 14.2.